The molecule has 36 heavy (non-hydrogen) atoms. The highest BCUT2D eigenvalue weighted by Crippen LogP contribution is 2.31. The molecule has 2 heterocycles. The molecule has 2 aromatic heterocycles. The lowest BCUT2D eigenvalue weighted by Crippen LogP contribution is -2.38. The first-order valence-electron chi connectivity index (χ1n) is 11.8. The number of aromatic nitrogens is 3. The molecule has 5 rings (SSSR count). The van der Waals surface area contributed by atoms with E-state index in [4.69, 9.17) is 27.6 Å². The summed E-state index contributed by atoms with van der Waals surface area (Å²) in [5, 5.41) is 12.7. The highest BCUT2D eigenvalue weighted by atomic mass is 35.5. The van der Waals surface area contributed by atoms with E-state index in [0.29, 0.717) is 47.3 Å². The van der Waals surface area contributed by atoms with E-state index in [9.17, 15) is 4.79 Å². The lowest BCUT2D eigenvalue weighted by Gasteiger charge is -2.26. The molecule has 4 N–H and O–H groups in total. The molecule has 0 radical (unpaired) electrons. The predicted molar refractivity (Wildman–Crippen MR) is 139 cm³/mol. The molecule has 0 unspecified atom stereocenters. The fraction of sp³-hybridized carbons (Fsp3) is 0.214. The number of pyridine rings is 1. The van der Waals surface area contributed by atoms with Crippen molar-refractivity contribution in [3.8, 4) is 17.3 Å². The van der Waals surface area contributed by atoms with Crippen LogP contribution in [0.4, 0.5) is 5.82 Å². The quantitative estimate of drug-likeness (QED) is 0.354. The smallest absolute Gasteiger partial charge is 0.224 e. The number of nitrogens with one attached hydrogen (secondary N) is 2. The molecule has 0 spiro atoms. The molecule has 1 aliphatic carbocycles. The number of anilines is 1. The number of hydrogen-bond acceptors (Lipinski definition) is 5. The number of imidazole rings is 1. The summed E-state index contributed by atoms with van der Waals surface area (Å²) < 4.78 is 0. The second-order valence-electron chi connectivity index (χ2n) is 9.00. The maximum absolute atomic E-state index is 13.4. The number of nitrogens with two attached hydrogens (primary N) is 1. The topological polar surface area (TPSA) is 120 Å². The molecule has 1 aliphatic rings. The average molecular weight is 497 g/mol. The number of hydrogen-bond donors (Lipinski definition) is 3. The standard InChI is InChI=1S/C28H25ClN6O/c29-25-24(19-8-6-18(16-30)7-9-19)34-27(35-25)23(14-17-4-2-1-3-5-17)33-28(36)21-10-11-22-20(15-21)12-13-32-26(22)31/h1-9,12-13,21,23H,10-11,14-15H2,(H2,31,32)(H,33,36)(H,34,35)/t21-,23-/m0/s1. The number of aromatic amines is 1. The van der Waals surface area contributed by atoms with Crippen molar-refractivity contribution < 1.29 is 4.79 Å². The molecular formula is C28H25ClN6O. The second-order valence-corrected chi connectivity index (χ2v) is 9.38. The van der Waals surface area contributed by atoms with Gasteiger partial charge in [0.15, 0.2) is 0 Å². The number of carbonyl (C=O) groups is 1. The first kappa shape index (κ1) is 23.6. The Labute approximate surface area is 214 Å². The van der Waals surface area contributed by atoms with Crippen molar-refractivity contribution in [2.24, 2.45) is 5.92 Å². The van der Waals surface area contributed by atoms with E-state index in [1.165, 1.54) is 0 Å². The molecule has 0 bridgehead atoms. The van der Waals surface area contributed by atoms with E-state index < -0.39 is 6.04 Å². The summed E-state index contributed by atoms with van der Waals surface area (Å²) in [7, 11) is 0. The van der Waals surface area contributed by atoms with Gasteiger partial charge in [-0.15, -0.1) is 0 Å². The zero-order valence-electron chi connectivity index (χ0n) is 19.5. The number of amides is 1. The van der Waals surface area contributed by atoms with Gasteiger partial charge in [0.25, 0.3) is 0 Å². The average Bonchev–Trinajstić information content (AvgIpc) is 3.30. The first-order chi connectivity index (χ1) is 17.5. The summed E-state index contributed by atoms with van der Waals surface area (Å²) in [5.41, 5.74) is 11.2. The van der Waals surface area contributed by atoms with Crippen LogP contribution >= 0.6 is 11.6 Å². The first-order valence-corrected chi connectivity index (χ1v) is 12.2. The third-order valence-electron chi connectivity index (χ3n) is 6.66. The third kappa shape index (κ3) is 4.95. The van der Waals surface area contributed by atoms with Gasteiger partial charge in [0, 0.05) is 17.7 Å². The number of nitrogen functional groups attached to an aromatic ring is 1. The van der Waals surface area contributed by atoms with Gasteiger partial charge in [0.2, 0.25) is 5.91 Å². The Hall–Kier alpha value is -4.15. The van der Waals surface area contributed by atoms with Crippen molar-refractivity contribution in [2.75, 3.05) is 5.73 Å². The molecule has 2 atom stereocenters. The fourth-order valence-corrected chi connectivity index (χ4v) is 4.97. The molecule has 8 heteroatoms. The van der Waals surface area contributed by atoms with Crippen molar-refractivity contribution >= 4 is 23.3 Å². The van der Waals surface area contributed by atoms with Crippen molar-refractivity contribution in [1.29, 1.82) is 5.26 Å². The molecule has 180 valence electrons. The van der Waals surface area contributed by atoms with Crippen LogP contribution in [0.5, 0.6) is 0 Å². The van der Waals surface area contributed by atoms with Crippen LogP contribution in [0, 0.1) is 17.2 Å². The van der Waals surface area contributed by atoms with Gasteiger partial charge in [-0.1, -0.05) is 54.1 Å². The minimum atomic E-state index is -0.395. The molecule has 0 saturated heterocycles. The summed E-state index contributed by atoms with van der Waals surface area (Å²) in [5.74, 6) is 0.945. The largest absolute Gasteiger partial charge is 0.383 e. The number of carbonyl (C=O) groups excluding carboxylic acids is 1. The number of fused-ring (bicyclic) bond motifs is 1. The van der Waals surface area contributed by atoms with Crippen LogP contribution in [-0.2, 0) is 24.1 Å². The maximum Gasteiger partial charge on any atom is 0.224 e. The minimum absolute atomic E-state index is 0.0237. The number of H-pyrrole nitrogens is 1. The number of nitrogens with zero attached hydrogens (tertiary/aromatic N) is 3. The molecule has 1 amide bonds. The van der Waals surface area contributed by atoms with Crippen molar-refractivity contribution in [3.05, 3.63) is 100 Å². The monoisotopic (exact) mass is 496 g/mol. The summed E-state index contributed by atoms with van der Waals surface area (Å²) in [6, 6.07) is 20.7. The van der Waals surface area contributed by atoms with Gasteiger partial charge in [0.1, 0.15) is 22.5 Å². The van der Waals surface area contributed by atoms with Crippen LogP contribution in [-0.4, -0.2) is 20.9 Å². The van der Waals surface area contributed by atoms with E-state index in [2.05, 4.69) is 21.4 Å². The highest BCUT2D eigenvalue weighted by molar-refractivity contribution is 6.31. The maximum atomic E-state index is 13.4. The summed E-state index contributed by atoms with van der Waals surface area (Å²) in [6.07, 6.45) is 4.32. The second kappa shape index (κ2) is 10.2. The number of halogens is 1. The Morgan fingerprint density at radius 1 is 1.19 bits per heavy atom. The van der Waals surface area contributed by atoms with Gasteiger partial charge in [-0.05, 0) is 60.6 Å². The van der Waals surface area contributed by atoms with Crippen LogP contribution < -0.4 is 11.1 Å². The van der Waals surface area contributed by atoms with Crippen LogP contribution in [0.3, 0.4) is 0 Å². The molecule has 0 aliphatic heterocycles. The van der Waals surface area contributed by atoms with E-state index in [1.807, 2.05) is 48.5 Å². The molecular weight excluding hydrogens is 472 g/mol. The fourth-order valence-electron chi connectivity index (χ4n) is 4.72. The number of rotatable bonds is 6. The van der Waals surface area contributed by atoms with E-state index in [-0.39, 0.29) is 11.8 Å². The minimum Gasteiger partial charge on any atom is -0.383 e. The zero-order chi connectivity index (χ0) is 25.1. The van der Waals surface area contributed by atoms with Gasteiger partial charge >= 0.3 is 0 Å². The summed E-state index contributed by atoms with van der Waals surface area (Å²) in [6.45, 7) is 0. The van der Waals surface area contributed by atoms with Gasteiger partial charge in [0.05, 0.1) is 17.7 Å². The van der Waals surface area contributed by atoms with Crippen molar-refractivity contribution in [2.45, 2.75) is 31.7 Å². The van der Waals surface area contributed by atoms with Crippen molar-refractivity contribution in [1.82, 2.24) is 20.3 Å². The molecule has 7 nitrogen and oxygen atoms in total. The Kier molecular flexibility index (Phi) is 6.70. The van der Waals surface area contributed by atoms with Gasteiger partial charge in [-0.25, -0.2) is 9.97 Å². The lowest BCUT2D eigenvalue weighted by atomic mass is 9.83. The molecule has 4 aromatic rings. The molecule has 0 saturated carbocycles. The van der Waals surface area contributed by atoms with E-state index in [0.717, 1.165) is 28.7 Å². The van der Waals surface area contributed by atoms with Crippen LogP contribution in [0.25, 0.3) is 11.3 Å². The van der Waals surface area contributed by atoms with Gasteiger partial charge < -0.3 is 16.0 Å². The Morgan fingerprint density at radius 3 is 2.72 bits per heavy atom. The third-order valence-corrected chi connectivity index (χ3v) is 6.93. The summed E-state index contributed by atoms with van der Waals surface area (Å²) >= 11 is 6.54. The van der Waals surface area contributed by atoms with Crippen LogP contribution in [0.15, 0.2) is 66.9 Å². The van der Waals surface area contributed by atoms with Crippen LogP contribution in [0.2, 0.25) is 5.15 Å². The zero-order valence-corrected chi connectivity index (χ0v) is 20.3. The van der Waals surface area contributed by atoms with E-state index in [1.54, 1.807) is 18.3 Å². The Balaban J connectivity index is 1.41. The Morgan fingerprint density at radius 2 is 1.97 bits per heavy atom. The van der Waals surface area contributed by atoms with Crippen molar-refractivity contribution in [3.63, 3.8) is 0 Å². The SMILES string of the molecule is N#Cc1ccc(-c2nc([C@H](Cc3ccccc3)NC(=O)[C@H]3CCc4c(ccnc4N)C3)[nH]c2Cl)cc1. The van der Waals surface area contributed by atoms with Gasteiger partial charge in [-0.3, -0.25) is 4.79 Å². The molecule has 0 fully saturated rings. The van der Waals surface area contributed by atoms with Gasteiger partial charge in [-0.2, -0.15) is 5.26 Å². The number of nitriles is 1. The summed E-state index contributed by atoms with van der Waals surface area (Å²) in [4.78, 5) is 25.6. The molecule has 2 aromatic carbocycles. The number of benzene rings is 2. The Bertz CT molecular complexity index is 1420. The normalized spacial score (nSPS) is 15.5. The van der Waals surface area contributed by atoms with E-state index >= 15 is 0 Å². The van der Waals surface area contributed by atoms with Crippen LogP contribution in [0.1, 0.15) is 40.5 Å². The lowest BCUT2D eigenvalue weighted by molar-refractivity contribution is -0.126. The predicted octanol–water partition coefficient (Wildman–Crippen LogP) is 4.78. The highest BCUT2D eigenvalue weighted by Gasteiger charge is 2.29.